The first kappa shape index (κ1) is 21.4. The summed E-state index contributed by atoms with van der Waals surface area (Å²) in [4.78, 5) is 24.3. The summed E-state index contributed by atoms with van der Waals surface area (Å²) in [6.45, 7) is 1.03. The van der Waals surface area contributed by atoms with Crippen molar-refractivity contribution in [3.63, 3.8) is 0 Å². The van der Waals surface area contributed by atoms with Crippen LogP contribution in [0.3, 0.4) is 0 Å². The van der Waals surface area contributed by atoms with Crippen LogP contribution < -0.4 is 14.4 Å². The van der Waals surface area contributed by atoms with Crippen molar-refractivity contribution in [1.29, 1.82) is 0 Å². The Hall–Kier alpha value is -3.48. The van der Waals surface area contributed by atoms with Crippen molar-refractivity contribution in [3.05, 3.63) is 65.7 Å². The van der Waals surface area contributed by atoms with E-state index in [2.05, 4.69) is 20.9 Å². The molecule has 2 aliphatic rings. The SMILES string of the molecule is COc1ccc(N2C[C@@H]3CC[C@H]2C3)c(CC(=O)c2ccnc(-c3c(F)cccc3OC)n2)c1. The second kappa shape index (κ2) is 8.81. The molecule has 6 nitrogen and oxygen atoms in total. The van der Waals surface area contributed by atoms with Gasteiger partial charge in [0.15, 0.2) is 11.6 Å². The van der Waals surface area contributed by atoms with Crippen LogP contribution in [0.4, 0.5) is 10.1 Å². The highest BCUT2D eigenvalue weighted by atomic mass is 19.1. The number of ether oxygens (including phenoxy) is 2. The first-order chi connectivity index (χ1) is 16.1. The maximum absolute atomic E-state index is 14.5. The Morgan fingerprint density at radius 1 is 1.15 bits per heavy atom. The number of rotatable bonds is 7. The lowest BCUT2D eigenvalue weighted by atomic mass is 10.0. The number of hydrogen-bond donors (Lipinski definition) is 0. The van der Waals surface area contributed by atoms with Crippen molar-refractivity contribution in [3.8, 4) is 22.9 Å². The molecule has 1 saturated carbocycles. The number of benzene rings is 2. The molecular formula is C26H26FN3O3. The highest BCUT2D eigenvalue weighted by molar-refractivity contribution is 5.97. The lowest BCUT2D eigenvalue weighted by Gasteiger charge is -2.31. The fourth-order valence-electron chi connectivity index (χ4n) is 5.12. The zero-order valence-electron chi connectivity index (χ0n) is 18.8. The Morgan fingerprint density at radius 2 is 2.03 bits per heavy atom. The topological polar surface area (TPSA) is 64.5 Å². The molecule has 3 aromatic rings. The molecule has 1 aliphatic heterocycles. The lowest BCUT2D eigenvalue weighted by Crippen LogP contribution is -2.32. The number of carbonyl (C=O) groups is 1. The first-order valence-corrected chi connectivity index (χ1v) is 11.2. The van der Waals surface area contributed by atoms with Crippen LogP contribution in [0.25, 0.3) is 11.4 Å². The van der Waals surface area contributed by atoms with E-state index in [-0.39, 0.29) is 29.3 Å². The van der Waals surface area contributed by atoms with E-state index in [9.17, 15) is 9.18 Å². The van der Waals surface area contributed by atoms with Gasteiger partial charge < -0.3 is 14.4 Å². The van der Waals surface area contributed by atoms with Gasteiger partial charge in [-0.05, 0) is 67.1 Å². The Kier molecular flexibility index (Phi) is 5.70. The minimum atomic E-state index is -0.502. The number of carbonyl (C=O) groups excluding carboxylic acids is 1. The van der Waals surface area contributed by atoms with Crippen LogP contribution in [0.1, 0.15) is 35.3 Å². The number of aromatic nitrogens is 2. The van der Waals surface area contributed by atoms with Gasteiger partial charge in [-0.3, -0.25) is 4.79 Å². The number of ketones is 1. The monoisotopic (exact) mass is 447 g/mol. The van der Waals surface area contributed by atoms with Crippen molar-refractivity contribution in [2.45, 2.75) is 31.7 Å². The van der Waals surface area contributed by atoms with E-state index in [1.54, 1.807) is 25.3 Å². The summed E-state index contributed by atoms with van der Waals surface area (Å²) >= 11 is 0. The number of anilines is 1. The number of hydrogen-bond acceptors (Lipinski definition) is 6. The van der Waals surface area contributed by atoms with E-state index in [1.165, 1.54) is 38.6 Å². The number of nitrogens with zero attached hydrogens (tertiary/aromatic N) is 3. The second-order valence-electron chi connectivity index (χ2n) is 8.66. The molecule has 0 spiro atoms. The molecule has 0 unspecified atom stereocenters. The number of Topliss-reactive ketones (excluding diaryl/α,β-unsaturated/α-hetero) is 1. The molecule has 2 bridgehead atoms. The van der Waals surface area contributed by atoms with Gasteiger partial charge in [0.25, 0.3) is 0 Å². The maximum Gasteiger partial charge on any atom is 0.185 e. The summed E-state index contributed by atoms with van der Waals surface area (Å²) in [7, 11) is 3.08. The Morgan fingerprint density at radius 3 is 2.76 bits per heavy atom. The van der Waals surface area contributed by atoms with Gasteiger partial charge in [-0.25, -0.2) is 14.4 Å². The summed E-state index contributed by atoms with van der Waals surface area (Å²) < 4.78 is 25.2. The average molecular weight is 448 g/mol. The van der Waals surface area contributed by atoms with Crippen LogP contribution in [0.2, 0.25) is 0 Å². The largest absolute Gasteiger partial charge is 0.497 e. The third kappa shape index (κ3) is 4.03. The number of halogens is 1. The molecule has 0 N–H and O–H groups in total. The number of fused-ring (bicyclic) bond motifs is 2. The number of methoxy groups -OCH3 is 2. The van der Waals surface area contributed by atoms with E-state index in [0.29, 0.717) is 17.5 Å². The fourth-order valence-corrected chi connectivity index (χ4v) is 5.12. The van der Waals surface area contributed by atoms with E-state index < -0.39 is 5.82 Å². The standard InChI is InChI=1S/C26H26FN3O3/c1-32-19-8-9-22(30-15-16-6-7-18(30)12-16)17(13-19)14-23(31)21-10-11-28-26(29-21)25-20(27)4-3-5-24(25)33-2/h3-5,8-11,13,16,18H,6-7,12,14-15H2,1-2H3/t16-,18+/m1/s1. The molecule has 1 saturated heterocycles. The zero-order valence-corrected chi connectivity index (χ0v) is 18.8. The summed E-state index contributed by atoms with van der Waals surface area (Å²) in [6.07, 6.45) is 5.36. The van der Waals surface area contributed by atoms with Gasteiger partial charge in [0, 0.05) is 30.9 Å². The quantitative estimate of drug-likeness (QED) is 0.489. The van der Waals surface area contributed by atoms with Gasteiger partial charge in [-0.1, -0.05) is 6.07 Å². The summed E-state index contributed by atoms with van der Waals surface area (Å²) in [5.41, 5.74) is 2.38. The Bertz CT molecular complexity index is 1200. The van der Waals surface area contributed by atoms with Crippen molar-refractivity contribution in [2.24, 2.45) is 5.92 Å². The molecular weight excluding hydrogens is 421 g/mol. The molecule has 0 radical (unpaired) electrons. The van der Waals surface area contributed by atoms with Crippen LogP contribution in [-0.2, 0) is 6.42 Å². The van der Waals surface area contributed by atoms with Crippen LogP contribution in [0, 0.1) is 11.7 Å². The summed E-state index contributed by atoms with van der Waals surface area (Å²) in [5, 5.41) is 0. The molecule has 2 aromatic carbocycles. The zero-order chi connectivity index (χ0) is 22.9. The molecule has 7 heteroatoms. The predicted molar refractivity (Wildman–Crippen MR) is 123 cm³/mol. The molecule has 2 heterocycles. The predicted octanol–water partition coefficient (Wildman–Crippen LogP) is 4.71. The molecule has 33 heavy (non-hydrogen) atoms. The molecule has 1 aliphatic carbocycles. The van der Waals surface area contributed by atoms with Crippen molar-refractivity contribution in [1.82, 2.24) is 9.97 Å². The van der Waals surface area contributed by atoms with Gasteiger partial charge in [0.05, 0.1) is 19.8 Å². The normalized spacial score (nSPS) is 19.1. The summed E-state index contributed by atoms with van der Waals surface area (Å²) in [5.74, 6) is 1.23. The third-order valence-corrected chi connectivity index (χ3v) is 6.72. The van der Waals surface area contributed by atoms with Gasteiger partial charge in [0.1, 0.15) is 23.0 Å². The molecule has 0 amide bonds. The van der Waals surface area contributed by atoms with E-state index >= 15 is 0 Å². The molecule has 5 rings (SSSR count). The molecule has 1 aromatic heterocycles. The van der Waals surface area contributed by atoms with Gasteiger partial charge in [-0.15, -0.1) is 0 Å². The second-order valence-corrected chi connectivity index (χ2v) is 8.66. The van der Waals surface area contributed by atoms with Crippen LogP contribution in [0.5, 0.6) is 11.5 Å². The van der Waals surface area contributed by atoms with Gasteiger partial charge >= 0.3 is 0 Å². The van der Waals surface area contributed by atoms with Crippen LogP contribution in [0.15, 0.2) is 48.7 Å². The molecule has 2 fully saturated rings. The van der Waals surface area contributed by atoms with E-state index in [4.69, 9.17) is 9.47 Å². The molecule has 170 valence electrons. The molecule has 2 atom stereocenters. The summed E-state index contributed by atoms with van der Waals surface area (Å²) in [6, 6.07) is 12.6. The van der Waals surface area contributed by atoms with Crippen molar-refractivity contribution in [2.75, 3.05) is 25.7 Å². The van der Waals surface area contributed by atoms with Gasteiger partial charge in [0.2, 0.25) is 0 Å². The lowest BCUT2D eigenvalue weighted by molar-refractivity contribution is 0.0988. The average Bonchev–Trinajstić information content (AvgIpc) is 3.47. The van der Waals surface area contributed by atoms with E-state index in [1.807, 2.05) is 12.1 Å². The van der Waals surface area contributed by atoms with Crippen LogP contribution in [-0.4, -0.2) is 42.6 Å². The van der Waals surface area contributed by atoms with Gasteiger partial charge in [-0.2, -0.15) is 0 Å². The van der Waals surface area contributed by atoms with Crippen molar-refractivity contribution < 1.29 is 18.7 Å². The van der Waals surface area contributed by atoms with E-state index in [0.717, 1.165) is 23.7 Å². The highest BCUT2D eigenvalue weighted by Gasteiger charge is 2.38. The maximum atomic E-state index is 14.5. The minimum Gasteiger partial charge on any atom is -0.497 e. The smallest absolute Gasteiger partial charge is 0.185 e. The first-order valence-electron chi connectivity index (χ1n) is 11.2. The Balaban J connectivity index is 1.46. The third-order valence-electron chi connectivity index (χ3n) is 6.72. The fraction of sp³-hybridized carbons (Fsp3) is 0.346. The minimum absolute atomic E-state index is 0.124. The van der Waals surface area contributed by atoms with Crippen LogP contribution >= 0.6 is 0 Å². The Labute approximate surface area is 192 Å². The van der Waals surface area contributed by atoms with Crippen molar-refractivity contribution >= 4 is 11.5 Å². The highest BCUT2D eigenvalue weighted by Crippen LogP contribution is 2.42. The number of piperidine rings is 1.